The summed E-state index contributed by atoms with van der Waals surface area (Å²) in [5.41, 5.74) is 7.25. The second-order valence-electron chi connectivity index (χ2n) is 8.90. The molecule has 2 aliphatic heterocycles. The van der Waals surface area contributed by atoms with Crippen molar-refractivity contribution in [2.75, 3.05) is 55.8 Å². The molecule has 0 unspecified atom stereocenters. The van der Waals surface area contributed by atoms with E-state index in [0.717, 1.165) is 21.6 Å². The number of rotatable bonds is 5. The minimum atomic E-state index is -0.545. The van der Waals surface area contributed by atoms with Gasteiger partial charge in [-0.2, -0.15) is 4.98 Å². The molecule has 0 spiro atoms. The van der Waals surface area contributed by atoms with Crippen molar-refractivity contribution in [3.63, 3.8) is 0 Å². The van der Waals surface area contributed by atoms with Crippen LogP contribution in [0.15, 0.2) is 34.6 Å². The number of hydrogen-bond acceptors (Lipinski definition) is 11. The van der Waals surface area contributed by atoms with Crippen molar-refractivity contribution in [2.24, 2.45) is 4.99 Å². The van der Waals surface area contributed by atoms with E-state index in [1.54, 1.807) is 36.4 Å². The second kappa shape index (κ2) is 9.19. The largest absolute Gasteiger partial charge is 0.497 e. The average molecular weight is 498 g/mol. The van der Waals surface area contributed by atoms with Gasteiger partial charge in [-0.1, -0.05) is 0 Å². The Morgan fingerprint density at radius 1 is 1.17 bits per heavy atom. The Kier molecular flexibility index (Phi) is 6.07. The van der Waals surface area contributed by atoms with E-state index in [1.807, 2.05) is 19.2 Å². The summed E-state index contributed by atoms with van der Waals surface area (Å²) >= 11 is 1.49. The van der Waals surface area contributed by atoms with Gasteiger partial charge in [0.2, 0.25) is 11.8 Å². The Morgan fingerprint density at radius 3 is 2.57 bits per heavy atom. The number of nitrogens with one attached hydrogen (secondary N) is 1. The third-order valence-corrected chi connectivity index (χ3v) is 6.59. The number of fused-ring (bicyclic) bond motifs is 1. The number of anilines is 3. The molecule has 4 heterocycles. The zero-order valence-corrected chi connectivity index (χ0v) is 20.6. The smallest absolute Gasteiger partial charge is 0.430 e. The first kappa shape index (κ1) is 23.1. The Morgan fingerprint density at radius 2 is 1.91 bits per heavy atom. The Bertz CT molecular complexity index is 1270. The number of hydrogen-bond donors (Lipinski definition) is 2. The minimum absolute atomic E-state index is 0.216. The monoisotopic (exact) mass is 497 g/mol. The van der Waals surface area contributed by atoms with E-state index in [0.29, 0.717) is 50.1 Å². The van der Waals surface area contributed by atoms with Crippen LogP contribution in [0, 0.1) is 0 Å². The standard InChI is InChI=1S/C23H27N7O4S/c1-23(2)13-33-19(28-23)16-12-35-20-17(16)18(26-21(24)27-20)29-8-10-30(11-9-29)34-22(31)25-14-4-6-15(32-3)7-5-14/h4-7,12H,8-11,13H2,1-3H3,(H,25,31)(H2,24,26,27). The highest BCUT2D eigenvalue weighted by Gasteiger charge is 2.31. The van der Waals surface area contributed by atoms with E-state index in [1.165, 1.54) is 11.3 Å². The number of piperazine rings is 1. The number of aliphatic imine (C=N–C) groups is 1. The first-order chi connectivity index (χ1) is 16.8. The van der Waals surface area contributed by atoms with Crippen LogP contribution >= 0.6 is 11.3 Å². The first-order valence-electron chi connectivity index (χ1n) is 11.2. The molecular weight excluding hydrogens is 470 g/mol. The van der Waals surface area contributed by atoms with Gasteiger partial charge in [-0.05, 0) is 38.1 Å². The van der Waals surface area contributed by atoms with Gasteiger partial charge in [-0.25, -0.2) is 14.8 Å². The molecule has 0 aliphatic carbocycles. The molecule has 1 aromatic carbocycles. The molecule has 1 fully saturated rings. The lowest BCUT2D eigenvalue weighted by molar-refractivity contribution is -0.0966. The van der Waals surface area contributed by atoms with Crippen molar-refractivity contribution in [2.45, 2.75) is 19.4 Å². The topological polar surface area (TPSA) is 127 Å². The highest BCUT2D eigenvalue weighted by atomic mass is 32.1. The van der Waals surface area contributed by atoms with E-state index in [2.05, 4.69) is 20.2 Å². The van der Waals surface area contributed by atoms with Crippen LogP contribution in [0.25, 0.3) is 10.2 Å². The highest BCUT2D eigenvalue weighted by molar-refractivity contribution is 7.17. The van der Waals surface area contributed by atoms with Crippen LogP contribution in [0.2, 0.25) is 0 Å². The van der Waals surface area contributed by atoms with Crippen LogP contribution in [-0.4, -0.2) is 72.5 Å². The van der Waals surface area contributed by atoms with Crippen molar-refractivity contribution >= 4 is 51.0 Å². The lowest BCUT2D eigenvalue weighted by Crippen LogP contribution is -2.47. The molecule has 0 atom stereocenters. The number of ether oxygens (including phenoxy) is 2. The molecule has 2 aliphatic rings. The summed E-state index contributed by atoms with van der Waals surface area (Å²) in [6.45, 7) is 6.79. The number of aromatic nitrogens is 2. The number of amides is 1. The predicted octanol–water partition coefficient (Wildman–Crippen LogP) is 3.12. The van der Waals surface area contributed by atoms with Crippen LogP contribution in [0.5, 0.6) is 5.75 Å². The van der Waals surface area contributed by atoms with Crippen molar-refractivity contribution in [3.8, 4) is 5.75 Å². The number of hydroxylamine groups is 2. The summed E-state index contributed by atoms with van der Waals surface area (Å²) in [6.07, 6.45) is -0.545. The number of nitrogens with zero attached hydrogens (tertiary/aromatic N) is 5. The summed E-state index contributed by atoms with van der Waals surface area (Å²) in [7, 11) is 1.59. The molecule has 0 bridgehead atoms. The van der Waals surface area contributed by atoms with E-state index in [-0.39, 0.29) is 11.5 Å². The number of methoxy groups -OCH3 is 1. The summed E-state index contributed by atoms with van der Waals surface area (Å²) in [5.74, 6) is 2.27. The van der Waals surface area contributed by atoms with Crippen molar-refractivity contribution < 1.29 is 19.1 Å². The number of carbonyl (C=O) groups is 1. The fraction of sp³-hybridized carbons (Fsp3) is 0.391. The maximum atomic E-state index is 12.3. The third-order valence-electron chi connectivity index (χ3n) is 5.72. The van der Waals surface area contributed by atoms with Gasteiger partial charge in [0, 0.05) is 24.2 Å². The van der Waals surface area contributed by atoms with Gasteiger partial charge < -0.3 is 24.9 Å². The molecule has 5 rings (SSSR count). The summed E-state index contributed by atoms with van der Waals surface area (Å²) in [6, 6.07) is 7.04. The number of nitrogen functional groups attached to an aromatic ring is 1. The zero-order chi connectivity index (χ0) is 24.6. The van der Waals surface area contributed by atoms with Gasteiger partial charge in [-0.3, -0.25) is 5.32 Å². The molecule has 1 saturated heterocycles. The van der Waals surface area contributed by atoms with Crippen LogP contribution in [0.3, 0.4) is 0 Å². The van der Waals surface area contributed by atoms with E-state index >= 15 is 0 Å². The number of carbonyl (C=O) groups excluding carboxylic acids is 1. The van der Waals surface area contributed by atoms with Gasteiger partial charge in [0.25, 0.3) is 0 Å². The number of benzene rings is 1. The molecule has 12 heteroatoms. The predicted molar refractivity (Wildman–Crippen MR) is 135 cm³/mol. The molecule has 3 aromatic rings. The molecule has 184 valence electrons. The fourth-order valence-corrected chi connectivity index (χ4v) is 4.89. The number of nitrogens with two attached hydrogens (primary N) is 1. The van der Waals surface area contributed by atoms with Crippen LogP contribution in [-0.2, 0) is 9.57 Å². The SMILES string of the molecule is COc1ccc(NC(=O)ON2CCN(c3nc(N)nc4scc(C5=NC(C)(C)CO5)c34)CC2)cc1. The lowest BCUT2D eigenvalue weighted by Gasteiger charge is -2.34. The molecule has 3 N–H and O–H groups in total. The fourth-order valence-electron chi connectivity index (χ4n) is 3.97. The Balaban J connectivity index is 1.27. The van der Waals surface area contributed by atoms with E-state index in [9.17, 15) is 4.79 Å². The summed E-state index contributed by atoms with van der Waals surface area (Å²) < 4.78 is 11.0. The van der Waals surface area contributed by atoms with Gasteiger partial charge in [0.15, 0.2) is 0 Å². The van der Waals surface area contributed by atoms with Gasteiger partial charge >= 0.3 is 6.09 Å². The van der Waals surface area contributed by atoms with Gasteiger partial charge in [0.1, 0.15) is 23.0 Å². The molecule has 0 saturated carbocycles. The molecule has 2 aromatic heterocycles. The average Bonchev–Trinajstić information content (AvgIpc) is 3.42. The van der Waals surface area contributed by atoms with Crippen molar-refractivity contribution in [3.05, 3.63) is 35.2 Å². The minimum Gasteiger partial charge on any atom is -0.497 e. The van der Waals surface area contributed by atoms with Crippen LogP contribution in [0.4, 0.5) is 22.2 Å². The molecule has 0 radical (unpaired) electrons. The number of thiophene rings is 1. The summed E-state index contributed by atoms with van der Waals surface area (Å²) in [4.78, 5) is 34.4. The van der Waals surface area contributed by atoms with E-state index < -0.39 is 6.09 Å². The molecule has 1 amide bonds. The van der Waals surface area contributed by atoms with Gasteiger partial charge in [0.05, 0.1) is 36.7 Å². The quantitative estimate of drug-likeness (QED) is 0.546. The van der Waals surface area contributed by atoms with Gasteiger partial charge in [-0.15, -0.1) is 16.4 Å². The van der Waals surface area contributed by atoms with Crippen LogP contribution in [0.1, 0.15) is 19.4 Å². The normalized spacial score (nSPS) is 17.7. The van der Waals surface area contributed by atoms with Crippen LogP contribution < -0.4 is 20.7 Å². The lowest BCUT2D eigenvalue weighted by atomic mass is 10.1. The van der Waals surface area contributed by atoms with Crippen molar-refractivity contribution in [1.29, 1.82) is 0 Å². The molecular formula is C23H27N7O4S. The first-order valence-corrected chi connectivity index (χ1v) is 12.1. The van der Waals surface area contributed by atoms with E-state index in [4.69, 9.17) is 25.0 Å². The zero-order valence-electron chi connectivity index (χ0n) is 19.8. The third kappa shape index (κ3) is 4.93. The Hall–Kier alpha value is -3.64. The maximum Gasteiger partial charge on any atom is 0.430 e. The Labute approximate surface area is 206 Å². The maximum absolute atomic E-state index is 12.3. The highest BCUT2D eigenvalue weighted by Crippen LogP contribution is 2.35. The molecule has 35 heavy (non-hydrogen) atoms. The van der Waals surface area contributed by atoms with Crippen molar-refractivity contribution in [1.82, 2.24) is 15.0 Å². The second-order valence-corrected chi connectivity index (χ2v) is 9.76. The molecule has 11 nitrogen and oxygen atoms in total. The summed E-state index contributed by atoms with van der Waals surface area (Å²) in [5, 5.41) is 7.23.